The van der Waals surface area contributed by atoms with Crippen LogP contribution in [0, 0.1) is 5.82 Å². The van der Waals surface area contributed by atoms with Gasteiger partial charge in [0.2, 0.25) is 0 Å². The van der Waals surface area contributed by atoms with Gasteiger partial charge in [-0.2, -0.15) is 0 Å². The van der Waals surface area contributed by atoms with Crippen LogP contribution in [-0.4, -0.2) is 84.9 Å². The molecule has 0 saturated carbocycles. The van der Waals surface area contributed by atoms with Crippen LogP contribution in [-0.2, 0) is 14.3 Å². The summed E-state index contributed by atoms with van der Waals surface area (Å²) in [6.07, 6.45) is 0. The fourth-order valence-corrected chi connectivity index (χ4v) is 2.92. The predicted octanol–water partition coefficient (Wildman–Crippen LogP) is -0.0311. The van der Waals surface area contributed by atoms with Crippen molar-refractivity contribution < 1.29 is 23.5 Å². The third-order valence-corrected chi connectivity index (χ3v) is 4.43. The molecule has 2 saturated heterocycles. The fraction of sp³-hybridized carbons (Fsp3) is 0.471. The smallest absolute Gasteiger partial charge is 0.312 e. The van der Waals surface area contributed by atoms with Crippen LogP contribution >= 0.6 is 0 Å². The first-order valence-electron chi connectivity index (χ1n) is 8.27. The third kappa shape index (κ3) is 3.96. The Morgan fingerprint density at radius 2 is 1.24 bits per heavy atom. The summed E-state index contributed by atoms with van der Waals surface area (Å²) < 4.78 is 18.1. The minimum absolute atomic E-state index is 0.202. The van der Waals surface area contributed by atoms with Crippen molar-refractivity contribution in [2.45, 2.75) is 0 Å². The van der Waals surface area contributed by atoms with E-state index in [1.165, 1.54) is 34.1 Å². The summed E-state index contributed by atoms with van der Waals surface area (Å²) >= 11 is 0. The van der Waals surface area contributed by atoms with Crippen LogP contribution in [0.2, 0.25) is 0 Å². The van der Waals surface area contributed by atoms with Crippen molar-refractivity contribution in [1.29, 1.82) is 0 Å². The van der Waals surface area contributed by atoms with Gasteiger partial charge in [0.05, 0.1) is 13.2 Å². The lowest BCUT2D eigenvalue weighted by atomic mass is 10.1. The molecular weight excluding hydrogens is 329 g/mol. The Kier molecular flexibility index (Phi) is 5.28. The van der Waals surface area contributed by atoms with Gasteiger partial charge in [-0.05, 0) is 24.3 Å². The van der Waals surface area contributed by atoms with E-state index < -0.39 is 17.6 Å². The molecule has 25 heavy (non-hydrogen) atoms. The molecule has 134 valence electrons. The molecule has 0 aromatic heterocycles. The maximum atomic E-state index is 12.9. The topological polar surface area (TPSA) is 70.2 Å². The number of morpholine rings is 1. The Hall–Kier alpha value is -2.48. The molecule has 0 radical (unpaired) electrons. The first-order valence-corrected chi connectivity index (χ1v) is 8.27. The molecule has 2 heterocycles. The average Bonchev–Trinajstić information content (AvgIpc) is 2.67. The van der Waals surface area contributed by atoms with E-state index >= 15 is 0 Å². The van der Waals surface area contributed by atoms with Crippen molar-refractivity contribution in [3.8, 4) is 0 Å². The number of carbonyl (C=O) groups excluding carboxylic acids is 3. The fourth-order valence-electron chi connectivity index (χ4n) is 2.92. The molecule has 2 aliphatic rings. The van der Waals surface area contributed by atoms with Crippen molar-refractivity contribution in [3.63, 3.8) is 0 Å². The minimum atomic E-state index is -0.532. The predicted molar refractivity (Wildman–Crippen MR) is 86.3 cm³/mol. The lowest BCUT2D eigenvalue weighted by molar-refractivity contribution is -0.154. The highest BCUT2D eigenvalue weighted by atomic mass is 19.1. The van der Waals surface area contributed by atoms with Crippen LogP contribution in [0.3, 0.4) is 0 Å². The summed E-state index contributed by atoms with van der Waals surface area (Å²) in [5.74, 6) is -1.64. The van der Waals surface area contributed by atoms with Gasteiger partial charge in [-0.1, -0.05) is 0 Å². The maximum absolute atomic E-state index is 12.9. The number of nitrogens with zero attached hydrogens (tertiary/aromatic N) is 3. The van der Waals surface area contributed by atoms with Gasteiger partial charge in [0, 0.05) is 44.8 Å². The average molecular weight is 349 g/mol. The van der Waals surface area contributed by atoms with Gasteiger partial charge in [-0.25, -0.2) is 4.39 Å². The molecule has 3 rings (SSSR count). The van der Waals surface area contributed by atoms with E-state index in [0.717, 1.165) is 0 Å². The van der Waals surface area contributed by atoms with Crippen molar-refractivity contribution in [2.24, 2.45) is 0 Å². The normalized spacial score (nSPS) is 18.2. The lowest BCUT2D eigenvalue weighted by Crippen LogP contribution is -2.55. The van der Waals surface area contributed by atoms with Crippen LogP contribution < -0.4 is 0 Å². The number of ether oxygens (including phenoxy) is 1. The van der Waals surface area contributed by atoms with Crippen LogP contribution in [0.1, 0.15) is 10.4 Å². The highest BCUT2D eigenvalue weighted by Crippen LogP contribution is 2.11. The van der Waals surface area contributed by atoms with Gasteiger partial charge in [0.25, 0.3) is 5.91 Å². The van der Waals surface area contributed by atoms with E-state index in [1.807, 2.05) is 0 Å². The van der Waals surface area contributed by atoms with Crippen LogP contribution in [0.5, 0.6) is 0 Å². The molecule has 0 aliphatic carbocycles. The third-order valence-electron chi connectivity index (χ3n) is 4.43. The monoisotopic (exact) mass is 349 g/mol. The SMILES string of the molecule is O=C(C(=O)N1CCN(C(=O)c2ccc(F)cc2)CC1)N1CCOCC1. The lowest BCUT2D eigenvalue weighted by Gasteiger charge is -2.35. The van der Waals surface area contributed by atoms with Gasteiger partial charge >= 0.3 is 11.8 Å². The molecule has 1 aromatic rings. The quantitative estimate of drug-likeness (QED) is 0.668. The molecule has 2 aliphatic heterocycles. The number of carbonyl (C=O) groups is 3. The summed E-state index contributed by atoms with van der Waals surface area (Å²) in [4.78, 5) is 41.5. The zero-order chi connectivity index (χ0) is 17.8. The second-order valence-corrected chi connectivity index (χ2v) is 6.00. The first-order chi connectivity index (χ1) is 12.1. The second-order valence-electron chi connectivity index (χ2n) is 6.00. The number of piperazine rings is 1. The first kappa shape index (κ1) is 17.3. The molecule has 0 bridgehead atoms. The number of benzene rings is 1. The van der Waals surface area contributed by atoms with E-state index in [-0.39, 0.29) is 5.91 Å². The molecule has 2 fully saturated rings. The van der Waals surface area contributed by atoms with Crippen molar-refractivity contribution in [1.82, 2.24) is 14.7 Å². The standard InChI is InChI=1S/C17H20FN3O4/c18-14-3-1-13(2-4-14)15(22)19-5-7-20(8-6-19)16(23)17(24)21-9-11-25-12-10-21/h1-4H,5-12H2. The zero-order valence-electron chi connectivity index (χ0n) is 13.8. The summed E-state index contributed by atoms with van der Waals surface area (Å²) in [6, 6.07) is 5.37. The zero-order valence-corrected chi connectivity index (χ0v) is 13.8. The number of rotatable bonds is 1. The Morgan fingerprint density at radius 3 is 1.80 bits per heavy atom. The Bertz CT molecular complexity index is 650. The number of amides is 3. The molecule has 0 unspecified atom stereocenters. The molecule has 0 N–H and O–H groups in total. The van der Waals surface area contributed by atoms with Gasteiger partial charge in [0.15, 0.2) is 0 Å². The van der Waals surface area contributed by atoms with Crippen molar-refractivity contribution in [3.05, 3.63) is 35.6 Å². The molecule has 3 amide bonds. The Morgan fingerprint density at radius 1 is 0.760 bits per heavy atom. The summed E-state index contributed by atoms with van der Waals surface area (Å²) in [5.41, 5.74) is 0.408. The molecule has 0 spiro atoms. The molecule has 8 heteroatoms. The Balaban J connectivity index is 1.54. The number of halogens is 1. The van der Waals surface area contributed by atoms with E-state index in [0.29, 0.717) is 58.0 Å². The minimum Gasteiger partial charge on any atom is -0.378 e. The number of hydrogen-bond donors (Lipinski definition) is 0. The van der Waals surface area contributed by atoms with Crippen LogP contribution in [0.4, 0.5) is 4.39 Å². The molecule has 1 aromatic carbocycles. The van der Waals surface area contributed by atoms with E-state index in [2.05, 4.69) is 0 Å². The highest BCUT2D eigenvalue weighted by molar-refractivity contribution is 6.34. The largest absolute Gasteiger partial charge is 0.378 e. The summed E-state index contributed by atoms with van der Waals surface area (Å²) in [6.45, 7) is 3.04. The highest BCUT2D eigenvalue weighted by Gasteiger charge is 2.31. The van der Waals surface area contributed by atoms with E-state index in [9.17, 15) is 18.8 Å². The molecule has 7 nitrogen and oxygen atoms in total. The Labute approximate surface area is 144 Å². The maximum Gasteiger partial charge on any atom is 0.312 e. The van der Waals surface area contributed by atoms with Crippen LogP contribution in [0.15, 0.2) is 24.3 Å². The second kappa shape index (κ2) is 7.60. The summed E-state index contributed by atoms with van der Waals surface area (Å²) in [7, 11) is 0. The molecule has 0 atom stereocenters. The van der Waals surface area contributed by atoms with E-state index in [4.69, 9.17) is 4.74 Å². The van der Waals surface area contributed by atoms with Crippen LogP contribution in [0.25, 0.3) is 0 Å². The van der Waals surface area contributed by atoms with E-state index in [1.54, 1.807) is 4.90 Å². The van der Waals surface area contributed by atoms with Gasteiger partial charge in [0.1, 0.15) is 5.82 Å². The van der Waals surface area contributed by atoms with Gasteiger partial charge in [-0.15, -0.1) is 0 Å². The van der Waals surface area contributed by atoms with Gasteiger partial charge < -0.3 is 19.4 Å². The number of hydrogen-bond acceptors (Lipinski definition) is 4. The van der Waals surface area contributed by atoms with Gasteiger partial charge in [-0.3, -0.25) is 14.4 Å². The van der Waals surface area contributed by atoms with Crippen molar-refractivity contribution in [2.75, 3.05) is 52.5 Å². The summed E-state index contributed by atoms with van der Waals surface area (Å²) in [5, 5.41) is 0. The van der Waals surface area contributed by atoms with Crippen molar-refractivity contribution >= 4 is 17.7 Å². The molecular formula is C17H20FN3O4.